The molecule has 2 saturated heterocycles. The maximum Gasteiger partial charge on any atom is 0.165 e. The largest absolute Gasteiger partial charge is 0.876 e. The first-order chi connectivity index (χ1) is 13.9. The van der Waals surface area contributed by atoms with E-state index in [0.717, 1.165) is 12.1 Å². The number of azide groups is 1. The van der Waals surface area contributed by atoms with Crippen LogP contribution in [0.2, 0.25) is 0 Å². The maximum absolute atomic E-state index is 10.3. The van der Waals surface area contributed by atoms with Crippen molar-refractivity contribution < 1.29 is 24.8 Å². The molecule has 2 aromatic rings. The van der Waals surface area contributed by atoms with Crippen LogP contribution < -0.4 is 5.11 Å². The van der Waals surface area contributed by atoms with Crippen molar-refractivity contribution in [3.63, 3.8) is 0 Å². The molecule has 5 atom stereocenters. The van der Waals surface area contributed by atoms with E-state index in [1.807, 2.05) is 0 Å². The zero-order chi connectivity index (χ0) is 21.0. The van der Waals surface area contributed by atoms with E-state index in [4.69, 9.17) is 15.0 Å². The number of aromatic nitrogens is 4. The van der Waals surface area contributed by atoms with Crippen molar-refractivity contribution in [3.05, 3.63) is 41.1 Å². The molecule has 4 heterocycles. The number of ether oxygens (including phenoxy) is 2. The molecule has 12 heteroatoms. The molecule has 0 spiro atoms. The van der Waals surface area contributed by atoms with Gasteiger partial charge < -0.3 is 24.8 Å². The Labute approximate surface area is 166 Å². The topological polar surface area (TPSA) is 174 Å². The zero-order valence-electron chi connectivity index (χ0n) is 15.8. The predicted molar refractivity (Wildman–Crippen MR) is 98.3 cm³/mol. The minimum Gasteiger partial charge on any atom is -0.876 e. The van der Waals surface area contributed by atoms with Gasteiger partial charge in [-0.3, -0.25) is 4.57 Å². The average Bonchev–Trinajstić information content (AvgIpc) is 3.41. The van der Waals surface area contributed by atoms with Crippen LogP contribution in [0.25, 0.3) is 21.6 Å². The normalized spacial score (nSPS) is 28.6. The third-order valence-electron chi connectivity index (χ3n) is 4.64. The van der Waals surface area contributed by atoms with Crippen LogP contribution in [-0.4, -0.2) is 67.8 Å². The molecule has 2 aromatic heterocycles. The van der Waals surface area contributed by atoms with Gasteiger partial charge in [0.2, 0.25) is 0 Å². The highest BCUT2D eigenvalue weighted by Gasteiger charge is 2.44. The SMILES string of the molecule is C=C(C)[O-].[N-]=[N+]=NC[C@H]1O[C@@H](n2cnc3c(C4CCOC4)ncnc32)[C@@H](O)[C@H]1O. The number of aliphatic hydroxyl groups is 2. The lowest BCUT2D eigenvalue weighted by Gasteiger charge is -2.16. The molecule has 0 amide bonds. The Morgan fingerprint density at radius 1 is 1.41 bits per heavy atom. The number of hydrogen-bond donors (Lipinski definition) is 2. The van der Waals surface area contributed by atoms with Crippen molar-refractivity contribution in [2.24, 2.45) is 5.11 Å². The second-order valence-corrected chi connectivity index (χ2v) is 6.81. The zero-order valence-corrected chi connectivity index (χ0v) is 15.8. The molecule has 156 valence electrons. The molecule has 0 aromatic carbocycles. The molecule has 4 rings (SSSR count). The number of aliphatic hydroxyl groups excluding tert-OH is 2. The first-order valence-electron chi connectivity index (χ1n) is 9.04. The smallest absolute Gasteiger partial charge is 0.165 e. The quantitative estimate of drug-likeness (QED) is 0.313. The minimum atomic E-state index is -1.19. The number of nitrogens with zero attached hydrogens (tertiary/aromatic N) is 7. The van der Waals surface area contributed by atoms with Gasteiger partial charge in [0.15, 0.2) is 11.9 Å². The maximum atomic E-state index is 10.3. The summed E-state index contributed by atoms with van der Waals surface area (Å²) < 4.78 is 12.7. The van der Waals surface area contributed by atoms with Crippen LogP contribution in [0.5, 0.6) is 0 Å². The fourth-order valence-electron chi connectivity index (χ4n) is 3.33. The van der Waals surface area contributed by atoms with Crippen LogP contribution in [0.15, 0.2) is 30.1 Å². The summed E-state index contributed by atoms with van der Waals surface area (Å²) in [5.74, 6) is 0.0755. The molecule has 0 bridgehead atoms. The number of allylic oxidation sites excluding steroid dienone is 1. The van der Waals surface area contributed by atoms with Crippen LogP contribution >= 0.6 is 0 Å². The third kappa shape index (κ3) is 4.47. The van der Waals surface area contributed by atoms with Gasteiger partial charge in [-0.15, -0.1) is 12.3 Å². The molecule has 0 radical (unpaired) electrons. The summed E-state index contributed by atoms with van der Waals surface area (Å²) >= 11 is 0. The van der Waals surface area contributed by atoms with Crippen molar-refractivity contribution in [2.45, 2.75) is 43.8 Å². The summed E-state index contributed by atoms with van der Waals surface area (Å²) in [5, 5.41) is 33.2. The molecule has 0 aliphatic carbocycles. The van der Waals surface area contributed by atoms with Crippen molar-refractivity contribution in [2.75, 3.05) is 19.8 Å². The number of fused-ring (bicyclic) bond motifs is 1. The van der Waals surface area contributed by atoms with E-state index >= 15 is 0 Å². The summed E-state index contributed by atoms with van der Waals surface area (Å²) in [6.45, 7) is 5.63. The number of rotatable bonds is 4. The van der Waals surface area contributed by atoms with E-state index in [0.29, 0.717) is 24.4 Å². The number of hydrogen-bond acceptors (Lipinski definition) is 9. The molecule has 0 saturated carbocycles. The van der Waals surface area contributed by atoms with Crippen molar-refractivity contribution >= 4 is 11.2 Å². The lowest BCUT2D eigenvalue weighted by molar-refractivity contribution is -0.300. The van der Waals surface area contributed by atoms with Crippen LogP contribution in [0.4, 0.5) is 0 Å². The lowest BCUT2D eigenvalue weighted by atomic mass is 10.0. The number of imidazole rings is 1. The Balaban J connectivity index is 0.000000552. The Kier molecular flexibility index (Phi) is 6.62. The molecule has 1 unspecified atom stereocenters. The van der Waals surface area contributed by atoms with Crippen LogP contribution in [0.3, 0.4) is 0 Å². The average molecular weight is 404 g/mol. The monoisotopic (exact) mass is 404 g/mol. The summed E-state index contributed by atoms with van der Waals surface area (Å²) in [6, 6.07) is 0. The lowest BCUT2D eigenvalue weighted by Crippen LogP contribution is -2.32. The highest BCUT2D eigenvalue weighted by molar-refractivity contribution is 5.74. The van der Waals surface area contributed by atoms with Gasteiger partial charge in [-0.25, -0.2) is 15.0 Å². The molecule has 2 N–H and O–H groups in total. The third-order valence-corrected chi connectivity index (χ3v) is 4.64. The van der Waals surface area contributed by atoms with E-state index < -0.39 is 24.5 Å². The Morgan fingerprint density at radius 2 is 2.17 bits per heavy atom. The van der Waals surface area contributed by atoms with Gasteiger partial charge in [0.05, 0.1) is 31.3 Å². The summed E-state index contributed by atoms with van der Waals surface area (Å²) in [5.41, 5.74) is 10.4. The van der Waals surface area contributed by atoms with Gasteiger partial charge in [0.25, 0.3) is 0 Å². The fraction of sp³-hybridized carbons (Fsp3) is 0.588. The molecular formula is C17H22N7O5-. The molecule has 2 fully saturated rings. The van der Waals surface area contributed by atoms with E-state index in [9.17, 15) is 15.3 Å². The van der Waals surface area contributed by atoms with Crippen molar-refractivity contribution in [1.82, 2.24) is 19.5 Å². The molecule has 29 heavy (non-hydrogen) atoms. The molecule has 2 aliphatic rings. The van der Waals surface area contributed by atoms with Gasteiger partial charge in [-0.2, -0.15) is 0 Å². The van der Waals surface area contributed by atoms with Gasteiger partial charge in [-0.05, 0) is 12.0 Å². The Morgan fingerprint density at radius 3 is 2.83 bits per heavy atom. The minimum absolute atomic E-state index is 0.0719. The summed E-state index contributed by atoms with van der Waals surface area (Å²) in [6.07, 6.45) is -0.200. The summed E-state index contributed by atoms with van der Waals surface area (Å²) in [4.78, 5) is 15.6. The van der Waals surface area contributed by atoms with E-state index in [2.05, 4.69) is 31.6 Å². The Bertz CT molecular complexity index is 903. The van der Waals surface area contributed by atoms with Crippen molar-refractivity contribution in [1.29, 1.82) is 0 Å². The van der Waals surface area contributed by atoms with Crippen molar-refractivity contribution in [3.8, 4) is 0 Å². The highest BCUT2D eigenvalue weighted by atomic mass is 16.6. The highest BCUT2D eigenvalue weighted by Crippen LogP contribution is 2.33. The van der Waals surface area contributed by atoms with E-state index in [-0.39, 0.29) is 18.2 Å². The second kappa shape index (κ2) is 9.16. The van der Waals surface area contributed by atoms with Gasteiger partial charge in [0.1, 0.15) is 24.1 Å². The predicted octanol–water partition coefficient (Wildman–Crippen LogP) is 0.140. The molecule has 12 nitrogen and oxygen atoms in total. The van der Waals surface area contributed by atoms with Crippen LogP contribution in [0, 0.1) is 0 Å². The van der Waals surface area contributed by atoms with Crippen LogP contribution in [0.1, 0.15) is 31.2 Å². The molecular weight excluding hydrogens is 382 g/mol. The van der Waals surface area contributed by atoms with Gasteiger partial charge >= 0.3 is 0 Å². The van der Waals surface area contributed by atoms with E-state index in [1.165, 1.54) is 19.6 Å². The van der Waals surface area contributed by atoms with E-state index in [1.54, 1.807) is 4.57 Å². The summed E-state index contributed by atoms with van der Waals surface area (Å²) in [7, 11) is 0. The van der Waals surface area contributed by atoms with Gasteiger partial charge in [-0.1, -0.05) is 12.0 Å². The van der Waals surface area contributed by atoms with Gasteiger partial charge in [0, 0.05) is 17.4 Å². The first-order valence-corrected chi connectivity index (χ1v) is 9.04. The standard InChI is InChI=1S/C14H17N7O4.C3H6O/c15-20-19-3-8-11(22)12(23)14(25-8)21-6-18-10-9(7-1-2-24-4-7)16-5-17-13(10)21;1-3(2)4/h5-8,11-12,14,22-23H,1-4H2;4H,1H2,2H3/p-1/t7?,8-,11+,12+,14-;/m1./s1. The van der Waals surface area contributed by atoms with Crippen LogP contribution in [-0.2, 0) is 9.47 Å². The fourth-order valence-corrected chi connectivity index (χ4v) is 3.33. The first kappa shape index (κ1) is 21.0. The second-order valence-electron chi connectivity index (χ2n) is 6.81. The Hall–Kier alpha value is -2.76. The molecule has 2 aliphatic heterocycles.